The quantitative estimate of drug-likeness (QED) is 0.210. The fourth-order valence-electron chi connectivity index (χ4n) is 6.33. The van der Waals surface area contributed by atoms with Crippen LogP contribution in [-0.2, 0) is 72.1 Å². The number of esters is 1. The molecule has 0 saturated carbocycles. The lowest BCUT2D eigenvalue weighted by atomic mass is 9.96. The number of carbonyl (C=O) groups excluding carboxylic acids is 3. The number of amides is 2. The summed E-state index contributed by atoms with van der Waals surface area (Å²) in [7, 11) is 2.96. The molecule has 3 aromatic carbocycles. The van der Waals surface area contributed by atoms with Crippen molar-refractivity contribution >= 4 is 17.8 Å². The highest BCUT2D eigenvalue weighted by atomic mass is 16.7. The molecule has 3 aromatic rings. The molecule has 0 aromatic heterocycles. The topological polar surface area (TPSA) is 149 Å². The maximum atomic E-state index is 13.5. The number of ether oxygens (including phenoxy) is 8. The molecule has 280 valence electrons. The van der Waals surface area contributed by atoms with Crippen LogP contribution in [0.5, 0.6) is 0 Å². The van der Waals surface area contributed by atoms with Crippen LogP contribution in [0.1, 0.15) is 37.0 Å². The van der Waals surface area contributed by atoms with Gasteiger partial charge >= 0.3 is 5.97 Å². The van der Waals surface area contributed by atoms with E-state index in [1.807, 2.05) is 91.0 Å². The zero-order valence-electron chi connectivity index (χ0n) is 29.9. The number of likely N-dealkylation sites (N-methyl/N-ethyl adjacent to an activating group) is 1. The van der Waals surface area contributed by atoms with E-state index in [-0.39, 0.29) is 45.4 Å². The van der Waals surface area contributed by atoms with E-state index in [1.54, 1.807) is 0 Å². The van der Waals surface area contributed by atoms with Gasteiger partial charge < -0.3 is 48.5 Å². The molecule has 2 heterocycles. The second kappa shape index (κ2) is 19.0. The first-order chi connectivity index (χ1) is 25.2. The molecule has 2 fully saturated rings. The van der Waals surface area contributed by atoms with Crippen LogP contribution < -0.4 is 10.6 Å². The second-order valence-electron chi connectivity index (χ2n) is 12.7. The van der Waals surface area contributed by atoms with Gasteiger partial charge in [-0.3, -0.25) is 14.4 Å². The van der Waals surface area contributed by atoms with E-state index in [1.165, 1.54) is 28.0 Å². The Labute approximate surface area is 304 Å². The van der Waals surface area contributed by atoms with Gasteiger partial charge in [0.25, 0.3) is 11.7 Å². The summed E-state index contributed by atoms with van der Waals surface area (Å²) in [5, 5.41) is 5.33. The largest absolute Gasteiger partial charge is 0.460 e. The molecule has 2 saturated heterocycles. The summed E-state index contributed by atoms with van der Waals surface area (Å²) in [5.74, 6) is -3.43. The fraction of sp³-hybridized carbons (Fsp3) is 0.462. The minimum Gasteiger partial charge on any atom is -0.460 e. The molecule has 2 N–H and O–H groups in total. The van der Waals surface area contributed by atoms with E-state index >= 15 is 0 Å². The molecule has 0 aliphatic carbocycles. The van der Waals surface area contributed by atoms with Crippen molar-refractivity contribution < 1.29 is 52.3 Å². The first-order valence-electron chi connectivity index (χ1n) is 17.3. The van der Waals surface area contributed by atoms with Gasteiger partial charge in [-0.05, 0) is 16.7 Å². The minimum absolute atomic E-state index is 0.163. The van der Waals surface area contributed by atoms with E-state index < -0.39 is 60.5 Å². The van der Waals surface area contributed by atoms with E-state index in [9.17, 15) is 14.4 Å². The maximum Gasteiger partial charge on any atom is 0.302 e. The lowest BCUT2D eigenvalue weighted by molar-refractivity contribution is -0.336. The number of benzene rings is 3. The summed E-state index contributed by atoms with van der Waals surface area (Å²) in [6.45, 7) is 2.92. The first-order valence-corrected chi connectivity index (χ1v) is 17.3. The van der Waals surface area contributed by atoms with Crippen LogP contribution in [0.2, 0.25) is 0 Å². The highest BCUT2D eigenvalue weighted by Gasteiger charge is 2.53. The van der Waals surface area contributed by atoms with Crippen LogP contribution in [0.4, 0.5) is 0 Å². The standard InChI is InChI=1S/C39H48N2O11/c1-26(42)41-31-24-49-39(38(44)40-3,20-32(31)51-27(2)43)50-25-33-34(46-21-28-14-8-5-9-15-28)35(47-22-29-16-10-6-11-17-29)36(37(45-4)52-33)48-23-30-18-12-7-13-19-30/h5-19,31-37H,20-25H2,1-4H3,(H,40,44)(H,41,42)/t31-,32-,33+,34+,35-,36+,37-,39-/m0/s1. The second-order valence-corrected chi connectivity index (χ2v) is 12.7. The molecule has 8 atom stereocenters. The number of nitrogens with one attached hydrogen (secondary N) is 2. The van der Waals surface area contributed by atoms with Crippen LogP contribution in [0.25, 0.3) is 0 Å². The van der Waals surface area contributed by atoms with E-state index in [0.29, 0.717) is 0 Å². The van der Waals surface area contributed by atoms with Gasteiger partial charge in [-0.1, -0.05) is 91.0 Å². The van der Waals surface area contributed by atoms with E-state index in [2.05, 4.69) is 10.6 Å². The lowest BCUT2D eigenvalue weighted by Gasteiger charge is -2.47. The Morgan fingerprint density at radius 3 is 1.77 bits per heavy atom. The maximum absolute atomic E-state index is 13.5. The fourth-order valence-corrected chi connectivity index (χ4v) is 6.33. The number of carbonyl (C=O) groups is 3. The molecule has 0 spiro atoms. The summed E-state index contributed by atoms with van der Waals surface area (Å²) in [6, 6.07) is 28.5. The third-order valence-electron chi connectivity index (χ3n) is 8.85. The van der Waals surface area contributed by atoms with Gasteiger partial charge in [-0.2, -0.15) is 0 Å². The molecule has 13 nitrogen and oxygen atoms in total. The molecule has 13 heteroatoms. The molecule has 2 amide bonds. The lowest BCUT2D eigenvalue weighted by Crippen LogP contribution is -2.65. The van der Waals surface area contributed by atoms with Crippen molar-refractivity contribution in [2.75, 3.05) is 27.4 Å². The van der Waals surface area contributed by atoms with E-state index in [4.69, 9.17) is 37.9 Å². The van der Waals surface area contributed by atoms with Gasteiger partial charge in [0.05, 0.1) is 45.5 Å². The molecule has 0 radical (unpaired) electrons. The summed E-state index contributed by atoms with van der Waals surface area (Å²) in [4.78, 5) is 37.5. The summed E-state index contributed by atoms with van der Waals surface area (Å²) in [5.41, 5.74) is 2.82. The molecule has 2 aliphatic heterocycles. The Bertz CT molecular complexity index is 1560. The Balaban J connectivity index is 1.45. The first kappa shape index (κ1) is 39.0. The smallest absolute Gasteiger partial charge is 0.302 e. The average Bonchev–Trinajstić information content (AvgIpc) is 3.16. The van der Waals surface area contributed by atoms with Gasteiger partial charge in [0.15, 0.2) is 6.29 Å². The summed E-state index contributed by atoms with van der Waals surface area (Å²) in [6.07, 6.45) is -5.18. The van der Waals surface area contributed by atoms with Gasteiger partial charge in [0.1, 0.15) is 30.5 Å². The third kappa shape index (κ3) is 10.4. The van der Waals surface area contributed by atoms with Crippen molar-refractivity contribution in [2.45, 2.75) is 88.7 Å². The zero-order chi connectivity index (χ0) is 36.9. The Morgan fingerprint density at radius 1 is 0.769 bits per heavy atom. The van der Waals surface area contributed by atoms with Crippen LogP contribution in [-0.4, -0.2) is 93.8 Å². The summed E-state index contributed by atoms with van der Waals surface area (Å²) >= 11 is 0. The molecule has 5 rings (SSSR count). The van der Waals surface area contributed by atoms with Gasteiger partial charge in [0, 0.05) is 28.0 Å². The van der Waals surface area contributed by atoms with Crippen molar-refractivity contribution in [3.05, 3.63) is 108 Å². The SMILES string of the molecule is CNC(=O)[C@@]1(OC[C@H]2O[C@H](OC)[C@H](OCc3ccccc3)[C@@H](OCc3ccccc3)[C@@H]2OCc2ccccc2)C[C@H](OC(C)=O)[C@@H](NC(C)=O)CO1. The monoisotopic (exact) mass is 720 g/mol. The highest BCUT2D eigenvalue weighted by molar-refractivity contribution is 5.83. The molecule has 0 bridgehead atoms. The number of rotatable bonds is 16. The predicted octanol–water partition coefficient (Wildman–Crippen LogP) is 3.43. The van der Waals surface area contributed by atoms with Crippen molar-refractivity contribution in [3.63, 3.8) is 0 Å². The van der Waals surface area contributed by atoms with Crippen LogP contribution >= 0.6 is 0 Å². The Hall–Kier alpha value is -4.21. The third-order valence-corrected chi connectivity index (χ3v) is 8.85. The van der Waals surface area contributed by atoms with Crippen LogP contribution in [0.3, 0.4) is 0 Å². The van der Waals surface area contributed by atoms with Crippen molar-refractivity contribution in [3.8, 4) is 0 Å². The molecular formula is C39H48N2O11. The number of hydrogen-bond donors (Lipinski definition) is 2. The van der Waals surface area contributed by atoms with Crippen LogP contribution in [0, 0.1) is 0 Å². The molecule has 2 aliphatic rings. The van der Waals surface area contributed by atoms with Crippen molar-refractivity contribution in [1.82, 2.24) is 10.6 Å². The van der Waals surface area contributed by atoms with Gasteiger partial charge in [-0.25, -0.2) is 0 Å². The number of methoxy groups -OCH3 is 1. The minimum atomic E-state index is -1.90. The van der Waals surface area contributed by atoms with E-state index in [0.717, 1.165) is 16.7 Å². The van der Waals surface area contributed by atoms with Crippen molar-refractivity contribution in [2.24, 2.45) is 0 Å². The molecule has 0 unspecified atom stereocenters. The van der Waals surface area contributed by atoms with Crippen molar-refractivity contribution in [1.29, 1.82) is 0 Å². The zero-order valence-corrected chi connectivity index (χ0v) is 29.9. The normalized spacial score (nSPS) is 27.3. The number of hydrogen-bond acceptors (Lipinski definition) is 11. The highest BCUT2D eigenvalue weighted by Crippen LogP contribution is 2.34. The summed E-state index contributed by atoms with van der Waals surface area (Å²) < 4.78 is 50.2. The Morgan fingerprint density at radius 2 is 1.29 bits per heavy atom. The van der Waals surface area contributed by atoms with Gasteiger partial charge in [-0.15, -0.1) is 0 Å². The Kier molecular flexibility index (Phi) is 14.3. The molecule has 52 heavy (non-hydrogen) atoms. The van der Waals surface area contributed by atoms with Gasteiger partial charge in [0.2, 0.25) is 5.91 Å². The average molecular weight is 721 g/mol. The van der Waals surface area contributed by atoms with Crippen LogP contribution in [0.15, 0.2) is 91.0 Å². The molecular weight excluding hydrogens is 672 g/mol. The predicted molar refractivity (Wildman–Crippen MR) is 187 cm³/mol.